The van der Waals surface area contributed by atoms with Crippen LogP contribution in [0.25, 0.3) is 21.5 Å². The number of hydrogen-bond acceptors (Lipinski definition) is 5. The maximum atomic E-state index is 12.6. The van der Waals surface area contributed by atoms with Crippen molar-refractivity contribution in [2.24, 2.45) is 0 Å². The molecule has 1 amide bonds. The first kappa shape index (κ1) is 15.9. The third-order valence-electron chi connectivity index (χ3n) is 4.28. The Morgan fingerprint density at radius 1 is 1.04 bits per heavy atom. The minimum Gasteiger partial charge on any atom is -0.486 e. The Labute approximate surface area is 158 Å². The van der Waals surface area contributed by atoms with Gasteiger partial charge in [-0.25, -0.2) is 4.98 Å². The molecule has 3 heterocycles. The monoisotopic (exact) mass is 377 g/mol. The van der Waals surface area contributed by atoms with E-state index in [0.717, 1.165) is 33.0 Å². The summed E-state index contributed by atoms with van der Waals surface area (Å²) in [6.45, 7) is 1.11. The van der Waals surface area contributed by atoms with Gasteiger partial charge in [-0.3, -0.25) is 10.1 Å². The molecule has 0 saturated heterocycles. The van der Waals surface area contributed by atoms with E-state index in [4.69, 9.17) is 9.47 Å². The Balaban J connectivity index is 1.37. The third-order valence-corrected chi connectivity index (χ3v) is 5.41. The molecular weight excluding hydrogens is 362 g/mol. The molecule has 2 N–H and O–H groups in total. The van der Waals surface area contributed by atoms with Crippen LogP contribution in [0.3, 0.4) is 0 Å². The van der Waals surface area contributed by atoms with E-state index in [9.17, 15) is 4.79 Å². The number of aromatic amines is 1. The lowest BCUT2D eigenvalue weighted by Gasteiger charge is -2.18. The number of amides is 1. The van der Waals surface area contributed by atoms with Crippen molar-refractivity contribution in [2.45, 2.75) is 0 Å². The summed E-state index contributed by atoms with van der Waals surface area (Å²) in [5.41, 5.74) is 2.69. The predicted octanol–water partition coefficient (Wildman–Crippen LogP) is 4.31. The normalized spacial score (nSPS) is 12.9. The number of benzene rings is 2. The second-order valence-corrected chi connectivity index (χ2v) is 7.16. The number of carbonyl (C=O) groups excluding carboxylic acids is 1. The summed E-state index contributed by atoms with van der Waals surface area (Å²) in [7, 11) is 0. The largest absolute Gasteiger partial charge is 0.486 e. The van der Waals surface area contributed by atoms with Crippen molar-refractivity contribution in [1.82, 2.24) is 9.97 Å². The highest BCUT2D eigenvalue weighted by Crippen LogP contribution is 2.37. The van der Waals surface area contributed by atoms with Crippen LogP contribution in [0.4, 0.5) is 5.95 Å². The fourth-order valence-electron chi connectivity index (χ4n) is 2.99. The zero-order valence-electron chi connectivity index (χ0n) is 14.2. The third kappa shape index (κ3) is 3.02. The Hall–Kier alpha value is -3.32. The quantitative estimate of drug-likeness (QED) is 0.558. The molecule has 0 aliphatic carbocycles. The molecule has 134 valence electrons. The van der Waals surface area contributed by atoms with Gasteiger partial charge in [0.2, 0.25) is 5.95 Å². The topological polar surface area (TPSA) is 76.2 Å². The highest BCUT2D eigenvalue weighted by molar-refractivity contribution is 7.17. The molecule has 27 heavy (non-hydrogen) atoms. The molecule has 0 radical (unpaired) electrons. The van der Waals surface area contributed by atoms with Crippen LogP contribution >= 0.6 is 11.3 Å². The average Bonchev–Trinajstić information content (AvgIpc) is 3.34. The van der Waals surface area contributed by atoms with Crippen molar-refractivity contribution in [3.63, 3.8) is 0 Å². The second-order valence-electron chi connectivity index (χ2n) is 6.08. The molecule has 0 bridgehead atoms. The van der Waals surface area contributed by atoms with Gasteiger partial charge in [-0.1, -0.05) is 12.1 Å². The van der Waals surface area contributed by atoms with Gasteiger partial charge in [0.05, 0.1) is 15.9 Å². The molecule has 4 aromatic rings. The van der Waals surface area contributed by atoms with E-state index >= 15 is 0 Å². The van der Waals surface area contributed by atoms with Crippen LogP contribution < -0.4 is 14.8 Å². The van der Waals surface area contributed by atoms with Crippen LogP contribution in [0.2, 0.25) is 0 Å². The number of ether oxygens (including phenoxy) is 2. The molecule has 0 unspecified atom stereocenters. The lowest BCUT2D eigenvalue weighted by atomic mass is 10.1. The van der Waals surface area contributed by atoms with Gasteiger partial charge >= 0.3 is 0 Å². The zero-order chi connectivity index (χ0) is 18.2. The average molecular weight is 377 g/mol. The van der Waals surface area contributed by atoms with Crippen molar-refractivity contribution in [3.05, 3.63) is 59.5 Å². The van der Waals surface area contributed by atoms with E-state index in [1.54, 1.807) is 0 Å². The van der Waals surface area contributed by atoms with E-state index in [1.807, 2.05) is 54.6 Å². The van der Waals surface area contributed by atoms with Gasteiger partial charge in [0.25, 0.3) is 5.91 Å². The van der Waals surface area contributed by atoms with Gasteiger partial charge in [-0.2, -0.15) is 0 Å². The Morgan fingerprint density at radius 2 is 1.89 bits per heavy atom. The number of para-hydroxylation sites is 2. The second kappa shape index (κ2) is 6.44. The van der Waals surface area contributed by atoms with Crippen LogP contribution in [0.1, 0.15) is 9.67 Å². The molecule has 0 spiro atoms. The molecule has 1 aliphatic rings. The summed E-state index contributed by atoms with van der Waals surface area (Å²) in [4.78, 5) is 21.6. The minimum absolute atomic E-state index is 0.192. The molecule has 0 fully saturated rings. The van der Waals surface area contributed by atoms with E-state index in [-0.39, 0.29) is 5.91 Å². The lowest BCUT2D eigenvalue weighted by Crippen LogP contribution is -2.15. The molecule has 0 saturated carbocycles. The molecule has 7 heteroatoms. The van der Waals surface area contributed by atoms with Crippen molar-refractivity contribution < 1.29 is 14.3 Å². The summed E-state index contributed by atoms with van der Waals surface area (Å²) in [6.07, 6.45) is 0. The maximum Gasteiger partial charge on any atom is 0.268 e. The van der Waals surface area contributed by atoms with Crippen molar-refractivity contribution in [2.75, 3.05) is 18.5 Å². The highest BCUT2D eigenvalue weighted by atomic mass is 32.1. The standard InChI is InChI=1S/C20H15N3O3S/c24-19(23-20-21-13-3-1-2-4-14(13)22-20)18-8-7-17(27-18)12-5-6-15-16(11-12)26-10-9-25-15/h1-8,11H,9-10H2,(H2,21,22,23,24). The number of nitrogens with one attached hydrogen (secondary N) is 2. The SMILES string of the molecule is O=C(Nc1nc2ccccc2[nH]1)c1ccc(-c2ccc3c(c2)OCCO3)s1. The summed E-state index contributed by atoms with van der Waals surface area (Å²) in [6, 6.07) is 17.2. The Morgan fingerprint density at radius 3 is 2.78 bits per heavy atom. The smallest absolute Gasteiger partial charge is 0.268 e. The number of fused-ring (bicyclic) bond motifs is 2. The van der Waals surface area contributed by atoms with Gasteiger partial charge < -0.3 is 14.5 Å². The number of hydrogen-bond donors (Lipinski definition) is 2. The van der Waals surface area contributed by atoms with Crippen molar-refractivity contribution in [3.8, 4) is 21.9 Å². The van der Waals surface area contributed by atoms with Crippen molar-refractivity contribution >= 4 is 34.2 Å². The highest BCUT2D eigenvalue weighted by Gasteiger charge is 2.16. The molecular formula is C20H15N3O3S. The first-order chi connectivity index (χ1) is 13.3. The number of thiophene rings is 1. The van der Waals surface area contributed by atoms with Crippen LogP contribution in [0.5, 0.6) is 11.5 Å². The van der Waals surface area contributed by atoms with E-state index < -0.39 is 0 Å². The van der Waals surface area contributed by atoms with Gasteiger partial charge in [0.1, 0.15) is 13.2 Å². The van der Waals surface area contributed by atoms with Gasteiger partial charge in [0, 0.05) is 4.88 Å². The van der Waals surface area contributed by atoms with Crippen LogP contribution in [-0.2, 0) is 0 Å². The number of H-pyrrole nitrogens is 1. The number of nitrogens with zero attached hydrogens (tertiary/aromatic N) is 1. The van der Waals surface area contributed by atoms with Gasteiger partial charge in [-0.15, -0.1) is 11.3 Å². The number of rotatable bonds is 3. The predicted molar refractivity (Wildman–Crippen MR) is 105 cm³/mol. The summed E-state index contributed by atoms with van der Waals surface area (Å²) in [5.74, 6) is 1.74. The molecule has 0 atom stereocenters. The Kier molecular flexibility index (Phi) is 3.79. The summed E-state index contributed by atoms with van der Waals surface area (Å²) < 4.78 is 11.2. The molecule has 2 aromatic carbocycles. The molecule has 1 aliphatic heterocycles. The molecule has 5 rings (SSSR count). The molecule has 2 aromatic heterocycles. The fraction of sp³-hybridized carbons (Fsp3) is 0.100. The van der Waals surface area contributed by atoms with E-state index in [2.05, 4.69) is 15.3 Å². The van der Waals surface area contributed by atoms with Crippen LogP contribution in [0, 0.1) is 0 Å². The Bertz CT molecular complexity index is 1120. The number of imidazole rings is 1. The first-order valence-electron chi connectivity index (χ1n) is 8.52. The van der Waals surface area contributed by atoms with Crippen molar-refractivity contribution in [1.29, 1.82) is 0 Å². The van der Waals surface area contributed by atoms with E-state index in [0.29, 0.717) is 24.0 Å². The van der Waals surface area contributed by atoms with E-state index in [1.165, 1.54) is 11.3 Å². The van der Waals surface area contributed by atoms with Gasteiger partial charge in [0.15, 0.2) is 11.5 Å². The van der Waals surface area contributed by atoms with Crippen LogP contribution in [-0.4, -0.2) is 29.1 Å². The summed E-state index contributed by atoms with van der Waals surface area (Å²) >= 11 is 1.42. The number of carbonyl (C=O) groups is 1. The number of anilines is 1. The molecule has 6 nitrogen and oxygen atoms in total. The maximum absolute atomic E-state index is 12.6. The minimum atomic E-state index is -0.192. The number of aromatic nitrogens is 2. The lowest BCUT2D eigenvalue weighted by molar-refractivity contribution is 0.103. The fourth-order valence-corrected chi connectivity index (χ4v) is 3.89. The zero-order valence-corrected chi connectivity index (χ0v) is 15.0. The van der Waals surface area contributed by atoms with Crippen LogP contribution in [0.15, 0.2) is 54.6 Å². The summed E-state index contributed by atoms with van der Waals surface area (Å²) in [5, 5.41) is 2.82. The first-order valence-corrected chi connectivity index (χ1v) is 9.34. The van der Waals surface area contributed by atoms with Gasteiger partial charge in [-0.05, 0) is 48.0 Å².